The Morgan fingerprint density at radius 2 is 1.78 bits per heavy atom. The van der Waals surface area contributed by atoms with Crippen LogP contribution in [0.25, 0.3) is 10.8 Å². The van der Waals surface area contributed by atoms with Crippen molar-refractivity contribution in [3.63, 3.8) is 0 Å². The second kappa shape index (κ2) is 7.69. The number of hydrogen-bond donors (Lipinski definition) is 2. The molecule has 0 saturated heterocycles. The average molecular weight is 247 g/mol. The molecule has 1 unspecified atom stereocenters. The molecule has 0 fully saturated rings. The van der Waals surface area contributed by atoms with Crippen LogP contribution in [-0.4, -0.2) is 24.4 Å². The zero-order valence-electron chi connectivity index (χ0n) is 11.0. The molecule has 0 bridgehead atoms. The van der Waals surface area contributed by atoms with Gasteiger partial charge in [0.15, 0.2) is 0 Å². The van der Waals surface area contributed by atoms with E-state index in [0.29, 0.717) is 0 Å². The fourth-order valence-corrected chi connectivity index (χ4v) is 1.58. The highest BCUT2D eigenvalue weighted by atomic mass is 16.5. The molecule has 2 aromatic rings. The number of fused-ring (bicyclic) bond motifs is 1. The quantitative estimate of drug-likeness (QED) is 0.873. The lowest BCUT2D eigenvalue weighted by molar-refractivity contribution is 0.115. The third-order valence-corrected chi connectivity index (χ3v) is 2.45. The first-order chi connectivity index (χ1) is 8.81. The van der Waals surface area contributed by atoms with Crippen LogP contribution in [0, 0.1) is 0 Å². The van der Waals surface area contributed by atoms with Crippen LogP contribution >= 0.6 is 0 Å². The monoisotopic (exact) mass is 247 g/mol. The van der Waals surface area contributed by atoms with E-state index in [2.05, 4.69) is 0 Å². The van der Waals surface area contributed by atoms with Gasteiger partial charge in [-0.1, -0.05) is 50.2 Å². The second-order valence-electron chi connectivity index (χ2n) is 3.68. The molecule has 0 saturated carbocycles. The third-order valence-electron chi connectivity index (χ3n) is 2.45. The van der Waals surface area contributed by atoms with Gasteiger partial charge in [-0.2, -0.15) is 0 Å². The summed E-state index contributed by atoms with van der Waals surface area (Å²) in [7, 11) is 0. The first-order valence-electron chi connectivity index (χ1n) is 6.30. The molecule has 3 N–H and O–H groups in total. The molecule has 3 nitrogen and oxygen atoms in total. The number of aliphatic hydroxyl groups is 1. The molecule has 0 aliphatic carbocycles. The Morgan fingerprint density at radius 1 is 1.11 bits per heavy atom. The highest BCUT2D eigenvalue weighted by Gasteiger charge is 2.04. The second-order valence-corrected chi connectivity index (χ2v) is 3.68. The van der Waals surface area contributed by atoms with Crippen LogP contribution in [0.4, 0.5) is 0 Å². The van der Waals surface area contributed by atoms with Crippen LogP contribution < -0.4 is 10.5 Å². The molecule has 1 atom stereocenters. The molecule has 0 radical (unpaired) electrons. The maximum atomic E-state index is 9.34. The molecule has 2 rings (SSSR count). The van der Waals surface area contributed by atoms with Gasteiger partial charge in [0.1, 0.15) is 18.5 Å². The van der Waals surface area contributed by atoms with Gasteiger partial charge in [-0.15, -0.1) is 0 Å². The molecule has 0 aromatic heterocycles. The predicted molar refractivity (Wildman–Crippen MR) is 75.9 cm³/mol. The molecule has 98 valence electrons. The fourth-order valence-electron chi connectivity index (χ4n) is 1.58. The maximum Gasteiger partial charge on any atom is 0.127 e. The lowest BCUT2D eigenvalue weighted by atomic mass is 10.1. The molecular weight excluding hydrogens is 226 g/mol. The van der Waals surface area contributed by atoms with Crippen molar-refractivity contribution in [2.24, 2.45) is 5.73 Å². The third kappa shape index (κ3) is 3.72. The summed E-state index contributed by atoms with van der Waals surface area (Å²) in [6.45, 7) is 4.44. The predicted octanol–water partition coefficient (Wildman–Crippen LogP) is 2.56. The Hall–Kier alpha value is -1.58. The van der Waals surface area contributed by atoms with Gasteiger partial charge in [0.25, 0.3) is 0 Å². The SMILES string of the molecule is CC.NCC(O)COc1cccc2ccccc12. The summed E-state index contributed by atoms with van der Waals surface area (Å²) in [6, 6.07) is 13.8. The first-order valence-corrected chi connectivity index (χ1v) is 6.30. The van der Waals surface area contributed by atoms with Gasteiger partial charge in [0, 0.05) is 11.9 Å². The van der Waals surface area contributed by atoms with E-state index >= 15 is 0 Å². The van der Waals surface area contributed by atoms with Gasteiger partial charge in [0.2, 0.25) is 0 Å². The van der Waals surface area contributed by atoms with Crippen molar-refractivity contribution in [1.82, 2.24) is 0 Å². The standard InChI is InChI=1S/C13H15NO2.C2H6/c14-8-11(15)9-16-13-7-3-5-10-4-1-2-6-12(10)13;1-2/h1-7,11,15H,8-9,14H2;1-2H3. The van der Waals surface area contributed by atoms with Gasteiger partial charge in [-0.25, -0.2) is 0 Å². The molecule has 0 aliphatic heterocycles. The van der Waals surface area contributed by atoms with Crippen LogP contribution in [0.2, 0.25) is 0 Å². The number of nitrogens with two attached hydrogens (primary N) is 1. The highest BCUT2D eigenvalue weighted by Crippen LogP contribution is 2.25. The Kier molecular flexibility index (Phi) is 6.19. The van der Waals surface area contributed by atoms with Crippen molar-refractivity contribution >= 4 is 10.8 Å². The summed E-state index contributed by atoms with van der Waals surface area (Å²) in [4.78, 5) is 0. The van der Waals surface area contributed by atoms with E-state index in [0.717, 1.165) is 16.5 Å². The van der Waals surface area contributed by atoms with Crippen molar-refractivity contribution in [3.8, 4) is 5.75 Å². The van der Waals surface area contributed by atoms with Crippen LogP contribution in [-0.2, 0) is 0 Å². The summed E-state index contributed by atoms with van der Waals surface area (Å²) in [6.07, 6.45) is -0.612. The van der Waals surface area contributed by atoms with Gasteiger partial charge in [-0.05, 0) is 11.5 Å². The zero-order valence-corrected chi connectivity index (χ0v) is 11.0. The summed E-state index contributed by atoms with van der Waals surface area (Å²) in [5.41, 5.74) is 5.32. The van der Waals surface area contributed by atoms with Crippen molar-refractivity contribution < 1.29 is 9.84 Å². The molecule has 0 amide bonds. The maximum absolute atomic E-state index is 9.34. The van der Waals surface area contributed by atoms with Crippen molar-refractivity contribution in [1.29, 1.82) is 0 Å². The highest BCUT2D eigenvalue weighted by molar-refractivity contribution is 5.88. The molecular formula is C15H21NO2. The Balaban J connectivity index is 0.000000771. The van der Waals surface area contributed by atoms with E-state index in [9.17, 15) is 5.11 Å². The normalized spacial score (nSPS) is 11.6. The molecule has 2 aromatic carbocycles. The molecule has 0 aliphatic rings. The summed E-state index contributed by atoms with van der Waals surface area (Å²) >= 11 is 0. The minimum Gasteiger partial charge on any atom is -0.490 e. The van der Waals surface area contributed by atoms with Crippen LogP contribution in [0.15, 0.2) is 42.5 Å². The van der Waals surface area contributed by atoms with E-state index in [-0.39, 0.29) is 13.2 Å². The van der Waals surface area contributed by atoms with Crippen LogP contribution in [0.1, 0.15) is 13.8 Å². The fraction of sp³-hybridized carbons (Fsp3) is 0.333. The summed E-state index contributed by atoms with van der Waals surface area (Å²) in [5.74, 6) is 0.783. The van der Waals surface area contributed by atoms with E-state index < -0.39 is 6.10 Å². The van der Waals surface area contributed by atoms with Crippen molar-refractivity contribution in [2.45, 2.75) is 20.0 Å². The van der Waals surface area contributed by atoms with E-state index in [1.54, 1.807) is 0 Å². The van der Waals surface area contributed by atoms with Crippen LogP contribution in [0.3, 0.4) is 0 Å². The van der Waals surface area contributed by atoms with E-state index in [1.165, 1.54) is 0 Å². The topological polar surface area (TPSA) is 55.5 Å². The minimum atomic E-state index is -0.612. The van der Waals surface area contributed by atoms with Gasteiger partial charge in [0.05, 0.1) is 0 Å². The largest absolute Gasteiger partial charge is 0.490 e. The zero-order chi connectivity index (χ0) is 13.4. The number of rotatable bonds is 4. The van der Waals surface area contributed by atoms with Crippen molar-refractivity contribution in [2.75, 3.05) is 13.2 Å². The Bertz CT molecular complexity index is 466. The summed E-state index contributed by atoms with van der Waals surface area (Å²) in [5, 5.41) is 11.5. The molecule has 3 heteroatoms. The molecule has 0 heterocycles. The Labute approximate surface area is 108 Å². The number of hydrogen-bond acceptors (Lipinski definition) is 3. The van der Waals surface area contributed by atoms with Gasteiger partial charge in [-0.3, -0.25) is 0 Å². The first kappa shape index (κ1) is 14.5. The van der Waals surface area contributed by atoms with E-state index in [4.69, 9.17) is 10.5 Å². The molecule has 0 spiro atoms. The number of benzene rings is 2. The Morgan fingerprint density at radius 3 is 2.50 bits per heavy atom. The molecule has 18 heavy (non-hydrogen) atoms. The number of ether oxygens (including phenoxy) is 1. The van der Waals surface area contributed by atoms with Gasteiger partial charge < -0.3 is 15.6 Å². The lowest BCUT2D eigenvalue weighted by Crippen LogP contribution is -2.26. The number of aliphatic hydroxyl groups excluding tert-OH is 1. The summed E-state index contributed by atoms with van der Waals surface area (Å²) < 4.78 is 5.54. The minimum absolute atomic E-state index is 0.213. The van der Waals surface area contributed by atoms with E-state index in [1.807, 2.05) is 56.3 Å². The van der Waals surface area contributed by atoms with Crippen LogP contribution in [0.5, 0.6) is 5.75 Å². The van der Waals surface area contributed by atoms with Gasteiger partial charge >= 0.3 is 0 Å². The smallest absolute Gasteiger partial charge is 0.127 e. The average Bonchev–Trinajstić information content (AvgIpc) is 2.46. The lowest BCUT2D eigenvalue weighted by Gasteiger charge is -2.12. The van der Waals surface area contributed by atoms with Crippen molar-refractivity contribution in [3.05, 3.63) is 42.5 Å².